The van der Waals surface area contributed by atoms with Crippen molar-refractivity contribution >= 4 is 40.3 Å². The van der Waals surface area contributed by atoms with Crippen LogP contribution in [0, 0.1) is 13.8 Å². The van der Waals surface area contributed by atoms with Crippen LogP contribution in [0.3, 0.4) is 0 Å². The van der Waals surface area contributed by atoms with E-state index in [-0.39, 0.29) is 10.6 Å². The number of amides is 2. The second-order valence-electron chi connectivity index (χ2n) is 5.04. The maximum absolute atomic E-state index is 12.0. The minimum atomic E-state index is -0.938. The van der Waals surface area contributed by atoms with E-state index < -0.39 is 17.8 Å². The van der Waals surface area contributed by atoms with Gasteiger partial charge in [0.25, 0.3) is 0 Å². The molecule has 0 saturated heterocycles. The number of hydrogen-bond acceptors (Lipinski definition) is 6. The number of carbonyl (C=O) groups is 3. The maximum Gasteiger partial charge on any atom is 0.341 e. The van der Waals surface area contributed by atoms with Crippen molar-refractivity contribution in [2.75, 3.05) is 12.4 Å². The van der Waals surface area contributed by atoms with Crippen molar-refractivity contribution in [1.29, 1.82) is 0 Å². The number of methoxy groups -OCH3 is 1. The molecule has 7 nitrogen and oxygen atoms in total. The summed E-state index contributed by atoms with van der Waals surface area (Å²) in [6.45, 7) is 3.56. The standard InChI is InChI=1S/C17H17N3O4S/c1-10-11(2)25-16(13(10)17(23)24-3)19-14(21)15(22)20-18-9-12-7-5-4-6-8-12/h4-9H,1-3H3,(H,19,21)(H,20,22). The normalized spacial score (nSPS) is 10.5. The van der Waals surface area contributed by atoms with Gasteiger partial charge >= 0.3 is 17.8 Å². The fourth-order valence-electron chi connectivity index (χ4n) is 1.98. The van der Waals surface area contributed by atoms with E-state index in [2.05, 4.69) is 15.8 Å². The zero-order valence-electron chi connectivity index (χ0n) is 14.0. The quantitative estimate of drug-likeness (QED) is 0.379. The van der Waals surface area contributed by atoms with Crippen LogP contribution in [0.2, 0.25) is 0 Å². The van der Waals surface area contributed by atoms with Crippen LogP contribution in [0.5, 0.6) is 0 Å². The highest BCUT2D eigenvalue weighted by molar-refractivity contribution is 7.17. The molecule has 0 atom stereocenters. The zero-order chi connectivity index (χ0) is 18.4. The molecule has 2 amide bonds. The van der Waals surface area contributed by atoms with E-state index in [1.807, 2.05) is 25.1 Å². The first-order valence-electron chi connectivity index (χ1n) is 7.31. The molecule has 0 aliphatic carbocycles. The Morgan fingerprint density at radius 2 is 1.80 bits per heavy atom. The molecule has 0 aliphatic rings. The van der Waals surface area contributed by atoms with Gasteiger partial charge in [-0.15, -0.1) is 11.3 Å². The Labute approximate surface area is 148 Å². The van der Waals surface area contributed by atoms with Gasteiger partial charge in [-0.05, 0) is 25.0 Å². The van der Waals surface area contributed by atoms with Crippen LogP contribution in [0.15, 0.2) is 35.4 Å². The predicted octanol–water partition coefficient (Wildman–Crippen LogP) is 2.24. The summed E-state index contributed by atoms with van der Waals surface area (Å²) in [5.41, 5.74) is 3.87. The van der Waals surface area contributed by atoms with Crippen LogP contribution >= 0.6 is 11.3 Å². The number of aryl methyl sites for hydroxylation is 1. The number of hydrogen-bond donors (Lipinski definition) is 2. The van der Waals surface area contributed by atoms with Crippen molar-refractivity contribution in [1.82, 2.24) is 5.43 Å². The molecular weight excluding hydrogens is 342 g/mol. The maximum atomic E-state index is 12.0. The summed E-state index contributed by atoms with van der Waals surface area (Å²) in [5.74, 6) is -2.43. The van der Waals surface area contributed by atoms with Crippen molar-refractivity contribution in [2.24, 2.45) is 5.10 Å². The molecule has 25 heavy (non-hydrogen) atoms. The highest BCUT2D eigenvalue weighted by Crippen LogP contribution is 2.32. The molecule has 0 fully saturated rings. The molecule has 2 aromatic rings. The number of thiophene rings is 1. The average Bonchev–Trinajstić information content (AvgIpc) is 2.89. The van der Waals surface area contributed by atoms with Crippen LogP contribution in [0.4, 0.5) is 5.00 Å². The first-order valence-corrected chi connectivity index (χ1v) is 8.13. The molecule has 2 rings (SSSR count). The summed E-state index contributed by atoms with van der Waals surface area (Å²) in [5, 5.41) is 6.43. The molecule has 1 heterocycles. The first kappa shape index (κ1) is 18.3. The minimum Gasteiger partial charge on any atom is -0.465 e. The third-order valence-corrected chi connectivity index (χ3v) is 4.51. The number of nitrogens with zero attached hydrogens (tertiary/aromatic N) is 1. The lowest BCUT2D eigenvalue weighted by Gasteiger charge is -2.05. The number of esters is 1. The van der Waals surface area contributed by atoms with Crippen LogP contribution in [-0.4, -0.2) is 31.1 Å². The van der Waals surface area contributed by atoms with Crippen molar-refractivity contribution < 1.29 is 19.1 Å². The zero-order valence-corrected chi connectivity index (χ0v) is 14.8. The van der Waals surface area contributed by atoms with E-state index in [0.717, 1.165) is 10.4 Å². The molecule has 0 unspecified atom stereocenters. The Morgan fingerprint density at radius 1 is 1.12 bits per heavy atom. The Bertz CT molecular complexity index is 828. The number of rotatable bonds is 4. The topological polar surface area (TPSA) is 96.9 Å². The SMILES string of the molecule is COC(=O)c1c(NC(=O)C(=O)NN=Cc2ccccc2)sc(C)c1C. The second-order valence-corrected chi connectivity index (χ2v) is 6.27. The molecule has 8 heteroatoms. The highest BCUT2D eigenvalue weighted by atomic mass is 32.1. The third kappa shape index (κ3) is 4.51. The number of ether oxygens (including phenoxy) is 1. The lowest BCUT2D eigenvalue weighted by Crippen LogP contribution is -2.32. The summed E-state index contributed by atoms with van der Waals surface area (Å²) >= 11 is 1.20. The molecule has 130 valence electrons. The lowest BCUT2D eigenvalue weighted by atomic mass is 10.1. The van der Waals surface area contributed by atoms with E-state index in [1.165, 1.54) is 24.7 Å². The van der Waals surface area contributed by atoms with Crippen molar-refractivity contribution in [3.8, 4) is 0 Å². The first-order chi connectivity index (χ1) is 11.9. The van der Waals surface area contributed by atoms with Gasteiger partial charge in [-0.2, -0.15) is 5.10 Å². The van der Waals surface area contributed by atoms with Gasteiger partial charge in [0, 0.05) is 4.88 Å². The number of benzene rings is 1. The van der Waals surface area contributed by atoms with Gasteiger partial charge in [-0.3, -0.25) is 9.59 Å². The second kappa shape index (κ2) is 8.20. The van der Waals surface area contributed by atoms with Gasteiger partial charge in [0.15, 0.2) is 0 Å². The van der Waals surface area contributed by atoms with Crippen molar-refractivity contribution in [3.05, 3.63) is 51.9 Å². The largest absolute Gasteiger partial charge is 0.465 e. The van der Waals surface area contributed by atoms with Crippen LogP contribution in [0.25, 0.3) is 0 Å². The van der Waals surface area contributed by atoms with E-state index in [0.29, 0.717) is 5.56 Å². The summed E-state index contributed by atoms with van der Waals surface area (Å²) < 4.78 is 4.72. The summed E-state index contributed by atoms with van der Waals surface area (Å²) in [7, 11) is 1.26. The lowest BCUT2D eigenvalue weighted by molar-refractivity contribution is -0.136. The van der Waals surface area contributed by atoms with Crippen LogP contribution in [0.1, 0.15) is 26.4 Å². The van der Waals surface area contributed by atoms with Gasteiger partial charge in [0.05, 0.1) is 18.9 Å². The Morgan fingerprint density at radius 3 is 2.44 bits per heavy atom. The summed E-state index contributed by atoms with van der Waals surface area (Å²) in [6, 6.07) is 9.11. The highest BCUT2D eigenvalue weighted by Gasteiger charge is 2.23. The number of nitrogens with one attached hydrogen (secondary N) is 2. The Hall–Kier alpha value is -3.00. The van der Waals surface area contributed by atoms with E-state index in [9.17, 15) is 14.4 Å². The fourth-order valence-corrected chi connectivity index (χ4v) is 3.02. The van der Waals surface area contributed by atoms with Gasteiger partial charge in [-0.1, -0.05) is 30.3 Å². The summed E-state index contributed by atoms with van der Waals surface area (Å²) in [4.78, 5) is 36.5. The molecule has 0 radical (unpaired) electrons. The molecule has 0 aliphatic heterocycles. The molecule has 1 aromatic carbocycles. The molecular formula is C17H17N3O4S. The number of anilines is 1. The molecule has 2 N–H and O–H groups in total. The van der Waals surface area contributed by atoms with Gasteiger partial charge < -0.3 is 10.1 Å². The van der Waals surface area contributed by atoms with E-state index in [4.69, 9.17) is 4.74 Å². The Balaban J connectivity index is 2.04. The average molecular weight is 359 g/mol. The van der Waals surface area contributed by atoms with Gasteiger partial charge in [-0.25, -0.2) is 10.2 Å². The predicted molar refractivity (Wildman–Crippen MR) is 95.9 cm³/mol. The molecule has 0 bridgehead atoms. The van der Waals surface area contributed by atoms with E-state index >= 15 is 0 Å². The van der Waals surface area contributed by atoms with Crippen molar-refractivity contribution in [3.63, 3.8) is 0 Å². The number of carbonyl (C=O) groups excluding carboxylic acids is 3. The van der Waals surface area contributed by atoms with Crippen molar-refractivity contribution in [2.45, 2.75) is 13.8 Å². The third-order valence-electron chi connectivity index (χ3n) is 3.39. The van der Waals surface area contributed by atoms with Gasteiger partial charge in [0.2, 0.25) is 0 Å². The molecule has 0 saturated carbocycles. The summed E-state index contributed by atoms with van der Waals surface area (Å²) in [6.07, 6.45) is 1.42. The molecule has 0 spiro atoms. The number of hydrazone groups is 1. The minimum absolute atomic E-state index is 0.249. The van der Waals surface area contributed by atoms with E-state index in [1.54, 1.807) is 19.1 Å². The smallest absolute Gasteiger partial charge is 0.341 e. The monoisotopic (exact) mass is 359 g/mol. The van der Waals surface area contributed by atoms with Crippen LogP contribution < -0.4 is 10.7 Å². The molecule has 1 aromatic heterocycles. The fraction of sp³-hybridized carbons (Fsp3) is 0.176. The van der Waals surface area contributed by atoms with Crippen LogP contribution in [-0.2, 0) is 14.3 Å². The Kier molecular flexibility index (Phi) is 6.02. The van der Waals surface area contributed by atoms with Gasteiger partial charge in [0.1, 0.15) is 5.00 Å².